The van der Waals surface area contributed by atoms with Crippen molar-refractivity contribution in [1.29, 1.82) is 0 Å². The van der Waals surface area contributed by atoms with Gasteiger partial charge in [-0.15, -0.1) is 0 Å². The van der Waals surface area contributed by atoms with Crippen LogP contribution in [0.3, 0.4) is 0 Å². The highest BCUT2D eigenvalue weighted by atomic mass is 31.1. The number of halogens is 4. The molecule has 0 bridgehead atoms. The zero-order valence-corrected chi connectivity index (χ0v) is 15.4. The summed E-state index contributed by atoms with van der Waals surface area (Å²) in [5, 5.41) is 0. The second kappa shape index (κ2) is 8.80. The summed E-state index contributed by atoms with van der Waals surface area (Å²) in [6.07, 6.45) is 16.2. The van der Waals surface area contributed by atoms with Crippen LogP contribution in [0.4, 0.5) is 17.3 Å². The van der Waals surface area contributed by atoms with Crippen molar-refractivity contribution in [3.8, 4) is 0 Å². The van der Waals surface area contributed by atoms with E-state index < -0.39 is 7.25 Å². The van der Waals surface area contributed by atoms with Gasteiger partial charge in [-0.25, -0.2) is 4.99 Å². The van der Waals surface area contributed by atoms with Crippen molar-refractivity contribution in [2.75, 3.05) is 7.05 Å². The molecule has 2 atom stereocenters. The van der Waals surface area contributed by atoms with E-state index in [0.717, 1.165) is 17.0 Å². The average molecular weight is 366 g/mol. The van der Waals surface area contributed by atoms with Crippen LogP contribution < -0.4 is 4.90 Å². The Balaban J connectivity index is 0.000000368. The zero-order valence-electron chi connectivity index (χ0n) is 14.5. The first kappa shape index (κ1) is 19.9. The number of aliphatic imine (C=N–C) groups is 1. The fourth-order valence-electron chi connectivity index (χ4n) is 4.33. The van der Waals surface area contributed by atoms with Gasteiger partial charge in [-0.1, -0.05) is 33.6 Å². The summed E-state index contributed by atoms with van der Waals surface area (Å²) < 4.78 is 39.0. The second-order valence-electron chi connectivity index (χ2n) is 7.01. The molecule has 0 radical (unpaired) electrons. The number of hydrogen-bond acceptors (Lipinski definition) is 1. The molecule has 0 aromatic heterocycles. The third kappa shape index (κ3) is 5.84. The molecule has 3 rings (SSSR count). The first-order valence-corrected chi connectivity index (χ1v) is 10.5. The zero-order chi connectivity index (χ0) is 17.7. The maximum Gasteiger partial charge on any atom is 0.673 e. The fourth-order valence-corrected chi connectivity index (χ4v) is 8.67. The van der Waals surface area contributed by atoms with Gasteiger partial charge in [-0.2, -0.15) is 0 Å². The highest BCUT2D eigenvalue weighted by Gasteiger charge is 2.40. The Morgan fingerprint density at radius 3 is 1.79 bits per heavy atom. The van der Waals surface area contributed by atoms with Crippen molar-refractivity contribution in [1.82, 2.24) is 0 Å². The van der Waals surface area contributed by atoms with Crippen LogP contribution in [-0.4, -0.2) is 37.1 Å². The second-order valence-corrected chi connectivity index (χ2v) is 10.1. The predicted octanol–water partition coefficient (Wildman–Crippen LogP) is 4.44. The van der Waals surface area contributed by atoms with Crippen molar-refractivity contribution in [3.63, 3.8) is 0 Å². The molecular formula is C16H28BF4N2P. The molecule has 2 unspecified atom stereocenters. The monoisotopic (exact) mass is 366 g/mol. The van der Waals surface area contributed by atoms with Gasteiger partial charge in [0, 0.05) is 0 Å². The smallest absolute Gasteiger partial charge is 0.418 e. The Morgan fingerprint density at radius 2 is 1.46 bits per heavy atom. The fraction of sp³-hybridized carbons (Fsp3) is 0.812. The molecule has 0 spiro atoms. The molecule has 2 nitrogen and oxygen atoms in total. The van der Waals surface area contributed by atoms with Gasteiger partial charge in [0.05, 0.1) is 18.9 Å². The van der Waals surface area contributed by atoms with Crippen molar-refractivity contribution < 1.29 is 22.2 Å². The third-order valence-corrected chi connectivity index (χ3v) is 9.14. The van der Waals surface area contributed by atoms with Crippen molar-refractivity contribution in [2.45, 2.75) is 75.3 Å². The summed E-state index contributed by atoms with van der Waals surface area (Å²) in [5.74, 6) is 1.42. The van der Waals surface area contributed by atoms with Gasteiger partial charge in [0.2, 0.25) is 5.84 Å². The van der Waals surface area contributed by atoms with E-state index in [1.807, 2.05) is 6.20 Å². The number of quaternary nitrogens is 1. The van der Waals surface area contributed by atoms with E-state index >= 15 is 0 Å². The number of nitrogens with one attached hydrogen (secondary N) is 1. The summed E-state index contributed by atoms with van der Waals surface area (Å²) in [6, 6.07) is 0. The van der Waals surface area contributed by atoms with E-state index in [-0.39, 0.29) is 7.92 Å². The van der Waals surface area contributed by atoms with E-state index in [2.05, 4.69) is 20.2 Å². The minimum absolute atomic E-state index is 0.147. The summed E-state index contributed by atoms with van der Waals surface area (Å²) >= 11 is 0. The minimum Gasteiger partial charge on any atom is -0.418 e. The van der Waals surface area contributed by atoms with Crippen LogP contribution >= 0.6 is 7.92 Å². The average Bonchev–Trinajstić information content (AvgIpc) is 3.18. The van der Waals surface area contributed by atoms with Crippen LogP contribution in [-0.2, 0) is 0 Å². The van der Waals surface area contributed by atoms with Gasteiger partial charge in [0.15, 0.2) is 0 Å². The number of hydrogen-bond donors (Lipinski definition) is 1. The molecule has 8 heteroatoms. The number of nitrogens with zero attached hydrogens (tertiary/aromatic N) is 1. The molecule has 138 valence electrons. The summed E-state index contributed by atoms with van der Waals surface area (Å²) in [4.78, 5) is 6.12. The van der Waals surface area contributed by atoms with Crippen LogP contribution in [0, 0.1) is 0 Å². The molecule has 2 fully saturated rings. The SMILES string of the molecule is CC(C1=NC=C[NH+]1C)P(C1CCCC1)C1CCCC1.F[B-](F)(F)F. The molecule has 0 amide bonds. The molecule has 1 heterocycles. The lowest BCUT2D eigenvalue weighted by Gasteiger charge is -2.35. The van der Waals surface area contributed by atoms with E-state index in [9.17, 15) is 17.3 Å². The molecule has 2 aliphatic carbocycles. The molecule has 0 aromatic carbocycles. The largest absolute Gasteiger partial charge is 0.673 e. The number of amidine groups is 1. The van der Waals surface area contributed by atoms with Crippen molar-refractivity contribution >= 4 is 21.0 Å². The highest BCUT2D eigenvalue weighted by Crippen LogP contribution is 2.60. The van der Waals surface area contributed by atoms with Crippen molar-refractivity contribution in [3.05, 3.63) is 12.4 Å². The molecule has 0 saturated heterocycles. The van der Waals surface area contributed by atoms with Gasteiger partial charge in [0.25, 0.3) is 0 Å². The van der Waals surface area contributed by atoms with Crippen LogP contribution in [0.25, 0.3) is 0 Å². The van der Waals surface area contributed by atoms with Crippen LogP contribution in [0.2, 0.25) is 0 Å². The highest BCUT2D eigenvalue weighted by molar-refractivity contribution is 7.61. The molecule has 2 saturated carbocycles. The molecular weight excluding hydrogens is 338 g/mol. The summed E-state index contributed by atoms with van der Waals surface area (Å²) in [7, 11) is -3.61. The first-order valence-electron chi connectivity index (χ1n) is 9.00. The molecule has 24 heavy (non-hydrogen) atoms. The normalized spacial score (nSPS) is 26.6. The third-order valence-electron chi connectivity index (χ3n) is 5.28. The van der Waals surface area contributed by atoms with Crippen molar-refractivity contribution in [2.24, 2.45) is 4.99 Å². The molecule has 1 aliphatic heterocycles. The lowest BCUT2D eigenvalue weighted by molar-refractivity contribution is -0.719. The molecule has 1 N–H and O–H groups in total. The van der Waals surface area contributed by atoms with Gasteiger partial charge >= 0.3 is 7.25 Å². The Kier molecular flexibility index (Phi) is 7.30. The lowest BCUT2D eigenvalue weighted by atomic mass is 10.3. The van der Waals surface area contributed by atoms with E-state index in [1.54, 1.807) is 0 Å². The Bertz CT molecular complexity index is 435. The van der Waals surface area contributed by atoms with Crippen LogP contribution in [0.1, 0.15) is 58.3 Å². The Hall–Kier alpha value is -0.415. The number of rotatable bonds is 4. The first-order chi connectivity index (χ1) is 11.3. The van der Waals surface area contributed by atoms with E-state index in [1.165, 1.54) is 62.1 Å². The van der Waals surface area contributed by atoms with E-state index in [4.69, 9.17) is 4.99 Å². The van der Waals surface area contributed by atoms with Crippen LogP contribution in [0.5, 0.6) is 0 Å². The quantitative estimate of drug-likeness (QED) is 0.431. The van der Waals surface area contributed by atoms with Gasteiger partial charge in [-0.05, 0) is 43.9 Å². The minimum atomic E-state index is -6.00. The predicted molar refractivity (Wildman–Crippen MR) is 94.5 cm³/mol. The van der Waals surface area contributed by atoms with Gasteiger partial charge in [-0.3, -0.25) is 4.90 Å². The van der Waals surface area contributed by atoms with E-state index in [0.29, 0.717) is 0 Å². The summed E-state index contributed by atoms with van der Waals surface area (Å²) in [6.45, 7) is 2.48. The standard InChI is InChI=1S/C16H27N2P.BF4/c1-13(16-17-11-12-18(16)2)19(14-7-3-4-8-14)15-9-5-6-10-15;2-1(3,4)5/h11-15H,3-10H2,1-2H3;/q;-1/p+1. The lowest BCUT2D eigenvalue weighted by Crippen LogP contribution is -3.07. The Morgan fingerprint density at radius 1 is 1.04 bits per heavy atom. The summed E-state index contributed by atoms with van der Waals surface area (Å²) in [5.41, 5.74) is 2.82. The topological polar surface area (TPSA) is 16.8 Å². The Labute approximate surface area is 143 Å². The van der Waals surface area contributed by atoms with Crippen LogP contribution in [0.15, 0.2) is 17.4 Å². The van der Waals surface area contributed by atoms with Gasteiger partial charge in [0.1, 0.15) is 6.20 Å². The maximum atomic E-state index is 9.75. The maximum absolute atomic E-state index is 9.75. The molecule has 3 aliphatic rings. The van der Waals surface area contributed by atoms with Gasteiger partial charge < -0.3 is 17.3 Å². The molecule has 0 aromatic rings.